The van der Waals surface area contributed by atoms with Crippen molar-refractivity contribution in [2.45, 2.75) is 40.0 Å². The summed E-state index contributed by atoms with van der Waals surface area (Å²) in [6.07, 6.45) is 5.57. The second kappa shape index (κ2) is 9.62. The van der Waals surface area contributed by atoms with Crippen molar-refractivity contribution in [1.29, 1.82) is 0 Å². The molecule has 0 saturated heterocycles. The van der Waals surface area contributed by atoms with Crippen LogP contribution in [-0.2, 0) is 0 Å². The normalized spacial score (nSPS) is 11.6. The lowest BCUT2D eigenvalue weighted by Crippen LogP contribution is -2.17. The highest BCUT2D eigenvalue weighted by Gasteiger charge is 1.98. The van der Waals surface area contributed by atoms with Crippen LogP contribution in [0.5, 0.6) is 5.75 Å². The van der Waals surface area contributed by atoms with E-state index >= 15 is 0 Å². The molecule has 2 heteroatoms. The van der Waals surface area contributed by atoms with Crippen molar-refractivity contribution in [3.8, 4) is 5.75 Å². The zero-order valence-electron chi connectivity index (χ0n) is 12.5. The number of hydrogen-bond donors (Lipinski definition) is 1. The maximum atomic E-state index is 5.66. The molecule has 0 aromatic heterocycles. The van der Waals surface area contributed by atoms with Crippen molar-refractivity contribution in [3.05, 3.63) is 35.4 Å². The Hall–Kier alpha value is -1.28. The molecule has 0 bridgehead atoms. The van der Waals surface area contributed by atoms with Crippen LogP contribution < -0.4 is 10.1 Å². The van der Waals surface area contributed by atoms with Gasteiger partial charge in [0.2, 0.25) is 0 Å². The van der Waals surface area contributed by atoms with Crippen LogP contribution >= 0.6 is 0 Å². The molecule has 106 valence electrons. The van der Waals surface area contributed by atoms with Crippen LogP contribution in [0.4, 0.5) is 0 Å². The molecule has 0 aliphatic carbocycles. The Balaban J connectivity index is 2.65. The molecule has 1 rings (SSSR count). The van der Waals surface area contributed by atoms with Crippen LogP contribution in [0.15, 0.2) is 29.8 Å². The standard InChI is InChI=1S/C17H27NO/c1-4-10-18-14-15(6-3)12-16-8-7-9-17(13-16)19-11-5-2/h7-9,12-13,18H,4-6,10-11,14H2,1-3H3. The van der Waals surface area contributed by atoms with Crippen LogP contribution in [0.2, 0.25) is 0 Å². The monoisotopic (exact) mass is 261 g/mol. The van der Waals surface area contributed by atoms with Gasteiger partial charge in [-0.25, -0.2) is 0 Å². The maximum absolute atomic E-state index is 5.66. The first-order valence-corrected chi connectivity index (χ1v) is 7.43. The molecule has 0 unspecified atom stereocenters. The van der Waals surface area contributed by atoms with Crippen molar-refractivity contribution in [2.24, 2.45) is 0 Å². The third-order valence-electron chi connectivity index (χ3n) is 2.93. The van der Waals surface area contributed by atoms with Gasteiger partial charge in [0.25, 0.3) is 0 Å². The summed E-state index contributed by atoms with van der Waals surface area (Å²) in [7, 11) is 0. The van der Waals surface area contributed by atoms with Gasteiger partial charge in [-0.2, -0.15) is 0 Å². The summed E-state index contributed by atoms with van der Waals surface area (Å²) in [6.45, 7) is 9.36. The first kappa shape index (κ1) is 15.8. The quantitative estimate of drug-likeness (QED) is 0.670. The summed E-state index contributed by atoms with van der Waals surface area (Å²) in [5.74, 6) is 0.965. The minimum Gasteiger partial charge on any atom is -0.494 e. The molecule has 2 nitrogen and oxygen atoms in total. The molecule has 0 aliphatic rings. The molecule has 0 fully saturated rings. The molecule has 0 heterocycles. The fraction of sp³-hybridized carbons (Fsp3) is 0.529. The summed E-state index contributed by atoms with van der Waals surface area (Å²) in [6, 6.07) is 8.33. The van der Waals surface area contributed by atoms with E-state index in [0.29, 0.717) is 0 Å². The van der Waals surface area contributed by atoms with Gasteiger partial charge < -0.3 is 10.1 Å². The van der Waals surface area contributed by atoms with Crippen molar-refractivity contribution < 1.29 is 4.74 Å². The van der Waals surface area contributed by atoms with Gasteiger partial charge in [-0.1, -0.05) is 44.6 Å². The zero-order chi connectivity index (χ0) is 13.9. The van der Waals surface area contributed by atoms with Gasteiger partial charge >= 0.3 is 0 Å². The largest absolute Gasteiger partial charge is 0.494 e. The van der Waals surface area contributed by atoms with Crippen molar-refractivity contribution in [2.75, 3.05) is 19.7 Å². The van der Waals surface area contributed by atoms with E-state index < -0.39 is 0 Å². The Morgan fingerprint density at radius 2 is 2.05 bits per heavy atom. The molecule has 0 aliphatic heterocycles. The topological polar surface area (TPSA) is 21.3 Å². The third-order valence-corrected chi connectivity index (χ3v) is 2.93. The molecule has 1 N–H and O–H groups in total. The Morgan fingerprint density at radius 3 is 2.74 bits per heavy atom. The van der Waals surface area contributed by atoms with Crippen LogP contribution in [0.25, 0.3) is 6.08 Å². The molecule has 0 saturated carbocycles. The molecule has 0 atom stereocenters. The molecule has 19 heavy (non-hydrogen) atoms. The lowest BCUT2D eigenvalue weighted by molar-refractivity contribution is 0.317. The highest BCUT2D eigenvalue weighted by Crippen LogP contribution is 2.17. The number of ether oxygens (including phenoxy) is 1. The summed E-state index contributed by atoms with van der Waals surface area (Å²) in [5, 5.41) is 3.46. The Labute approximate surface area is 117 Å². The van der Waals surface area contributed by atoms with Crippen molar-refractivity contribution in [1.82, 2.24) is 5.32 Å². The average molecular weight is 261 g/mol. The fourth-order valence-corrected chi connectivity index (χ4v) is 1.85. The van der Waals surface area contributed by atoms with E-state index in [1.54, 1.807) is 0 Å². The molecular weight excluding hydrogens is 234 g/mol. The highest BCUT2D eigenvalue weighted by atomic mass is 16.5. The predicted octanol–water partition coefficient (Wildman–Crippen LogP) is 4.27. The van der Waals surface area contributed by atoms with Crippen LogP contribution in [0.3, 0.4) is 0 Å². The second-order valence-electron chi connectivity index (χ2n) is 4.75. The number of rotatable bonds is 9. The zero-order valence-corrected chi connectivity index (χ0v) is 12.5. The van der Waals surface area contributed by atoms with Gasteiger partial charge in [-0.05, 0) is 43.5 Å². The number of benzene rings is 1. The minimum atomic E-state index is 0.784. The van der Waals surface area contributed by atoms with Gasteiger partial charge in [0.05, 0.1) is 6.61 Å². The number of hydrogen-bond acceptors (Lipinski definition) is 2. The first-order chi connectivity index (χ1) is 9.30. The van der Waals surface area contributed by atoms with E-state index in [0.717, 1.165) is 38.3 Å². The van der Waals surface area contributed by atoms with Gasteiger partial charge in [0, 0.05) is 6.54 Å². The number of nitrogens with one attached hydrogen (secondary N) is 1. The van der Waals surface area contributed by atoms with Crippen LogP contribution in [-0.4, -0.2) is 19.7 Å². The van der Waals surface area contributed by atoms with E-state index in [2.05, 4.69) is 50.4 Å². The predicted molar refractivity (Wildman–Crippen MR) is 83.7 cm³/mol. The van der Waals surface area contributed by atoms with Gasteiger partial charge in [-0.15, -0.1) is 0 Å². The lowest BCUT2D eigenvalue weighted by Gasteiger charge is -2.08. The Morgan fingerprint density at radius 1 is 1.21 bits per heavy atom. The van der Waals surface area contributed by atoms with Crippen molar-refractivity contribution in [3.63, 3.8) is 0 Å². The summed E-state index contributed by atoms with van der Waals surface area (Å²) < 4.78 is 5.66. The van der Waals surface area contributed by atoms with E-state index in [-0.39, 0.29) is 0 Å². The molecule has 1 aromatic rings. The summed E-state index contributed by atoms with van der Waals surface area (Å²) >= 11 is 0. The maximum Gasteiger partial charge on any atom is 0.119 e. The summed E-state index contributed by atoms with van der Waals surface area (Å²) in [5.41, 5.74) is 2.66. The van der Waals surface area contributed by atoms with Gasteiger partial charge in [0.15, 0.2) is 0 Å². The lowest BCUT2D eigenvalue weighted by atomic mass is 10.1. The van der Waals surface area contributed by atoms with E-state index in [9.17, 15) is 0 Å². The molecule has 0 amide bonds. The fourth-order valence-electron chi connectivity index (χ4n) is 1.85. The summed E-state index contributed by atoms with van der Waals surface area (Å²) in [4.78, 5) is 0. The first-order valence-electron chi connectivity index (χ1n) is 7.43. The van der Waals surface area contributed by atoms with Gasteiger partial charge in [0.1, 0.15) is 5.75 Å². The van der Waals surface area contributed by atoms with E-state index in [4.69, 9.17) is 4.74 Å². The Bertz CT molecular complexity index is 385. The molecular formula is C17H27NO. The third kappa shape index (κ3) is 6.44. The highest BCUT2D eigenvalue weighted by molar-refractivity contribution is 5.55. The SMILES string of the molecule is CCCNCC(=Cc1cccc(OCCC)c1)CC. The molecule has 0 radical (unpaired) electrons. The minimum absolute atomic E-state index is 0.784. The van der Waals surface area contributed by atoms with Gasteiger partial charge in [-0.3, -0.25) is 0 Å². The van der Waals surface area contributed by atoms with E-state index in [1.165, 1.54) is 17.6 Å². The van der Waals surface area contributed by atoms with E-state index in [1.807, 2.05) is 6.07 Å². The van der Waals surface area contributed by atoms with Crippen molar-refractivity contribution >= 4 is 6.08 Å². The Kier molecular flexibility index (Phi) is 7.99. The second-order valence-corrected chi connectivity index (χ2v) is 4.75. The average Bonchev–Trinajstić information content (AvgIpc) is 2.44. The smallest absolute Gasteiger partial charge is 0.119 e. The molecule has 1 aromatic carbocycles. The molecule has 0 spiro atoms. The van der Waals surface area contributed by atoms with Crippen LogP contribution in [0.1, 0.15) is 45.6 Å². The van der Waals surface area contributed by atoms with Crippen LogP contribution in [0, 0.1) is 0 Å².